The third kappa shape index (κ3) is 4.27. The van der Waals surface area contributed by atoms with Crippen LogP contribution in [-0.2, 0) is 9.53 Å². The molecule has 25 heavy (non-hydrogen) atoms. The fourth-order valence-electron chi connectivity index (χ4n) is 3.83. The Morgan fingerprint density at radius 3 is 2.16 bits per heavy atom. The Bertz CT molecular complexity index is 635. The summed E-state index contributed by atoms with van der Waals surface area (Å²) in [5, 5.41) is 9.14. The Labute approximate surface area is 149 Å². The van der Waals surface area contributed by atoms with E-state index in [1.165, 1.54) is 11.1 Å². The van der Waals surface area contributed by atoms with Gasteiger partial charge < -0.3 is 9.84 Å². The van der Waals surface area contributed by atoms with Crippen LogP contribution in [0, 0.1) is 5.92 Å². The molecule has 1 aliphatic heterocycles. The number of nitrogens with zero attached hydrogens (tertiary/aromatic N) is 1. The molecule has 1 fully saturated rings. The van der Waals surface area contributed by atoms with Crippen molar-refractivity contribution in [2.75, 3.05) is 20.2 Å². The van der Waals surface area contributed by atoms with E-state index < -0.39 is 5.97 Å². The third-order valence-corrected chi connectivity index (χ3v) is 5.06. The lowest BCUT2D eigenvalue weighted by molar-refractivity contribution is -0.140. The minimum Gasteiger partial charge on any atom is -0.481 e. The number of carbonyl (C=O) groups is 1. The average molecular weight is 339 g/mol. The van der Waals surface area contributed by atoms with Crippen LogP contribution < -0.4 is 0 Å². The zero-order valence-electron chi connectivity index (χ0n) is 14.5. The number of carboxylic acids is 1. The molecule has 0 spiro atoms. The lowest BCUT2D eigenvalue weighted by Crippen LogP contribution is -2.47. The molecule has 0 bridgehead atoms. The van der Waals surface area contributed by atoms with Gasteiger partial charge in [0, 0.05) is 13.7 Å². The van der Waals surface area contributed by atoms with Crippen molar-refractivity contribution >= 4 is 5.97 Å². The number of piperidine rings is 1. The van der Waals surface area contributed by atoms with Crippen LogP contribution in [0.3, 0.4) is 0 Å². The maximum atomic E-state index is 11.1. The van der Waals surface area contributed by atoms with Crippen LogP contribution >= 0.6 is 0 Å². The summed E-state index contributed by atoms with van der Waals surface area (Å²) in [6.07, 6.45) is 0.953. The molecule has 4 nitrogen and oxygen atoms in total. The van der Waals surface area contributed by atoms with E-state index in [9.17, 15) is 4.79 Å². The zero-order chi connectivity index (χ0) is 17.6. The Morgan fingerprint density at radius 2 is 1.68 bits per heavy atom. The minimum atomic E-state index is -0.747. The number of ether oxygens (including phenoxy) is 1. The van der Waals surface area contributed by atoms with Gasteiger partial charge in [-0.1, -0.05) is 60.7 Å². The highest BCUT2D eigenvalue weighted by molar-refractivity contribution is 5.67. The minimum absolute atomic E-state index is 0.0558. The first kappa shape index (κ1) is 17.6. The molecule has 1 N–H and O–H groups in total. The van der Waals surface area contributed by atoms with Gasteiger partial charge in [-0.15, -0.1) is 0 Å². The fourth-order valence-corrected chi connectivity index (χ4v) is 3.83. The normalized spacial score (nSPS) is 21.4. The fraction of sp³-hybridized carbons (Fsp3) is 0.381. The van der Waals surface area contributed by atoms with E-state index in [0.717, 1.165) is 19.5 Å². The first-order valence-corrected chi connectivity index (χ1v) is 8.77. The van der Waals surface area contributed by atoms with Crippen LogP contribution in [0.15, 0.2) is 60.7 Å². The smallest absolute Gasteiger partial charge is 0.303 e. The van der Waals surface area contributed by atoms with Crippen LogP contribution in [0.4, 0.5) is 0 Å². The molecule has 1 heterocycles. The Morgan fingerprint density at radius 1 is 1.12 bits per heavy atom. The molecule has 2 atom stereocenters. The summed E-state index contributed by atoms with van der Waals surface area (Å²) in [6, 6.07) is 21.1. The van der Waals surface area contributed by atoms with Crippen molar-refractivity contribution in [1.29, 1.82) is 0 Å². The van der Waals surface area contributed by atoms with Gasteiger partial charge in [-0.25, -0.2) is 0 Å². The molecule has 2 unspecified atom stereocenters. The molecule has 2 aromatic rings. The van der Waals surface area contributed by atoms with Gasteiger partial charge in [0.1, 0.15) is 0 Å². The van der Waals surface area contributed by atoms with Crippen LogP contribution in [0.25, 0.3) is 0 Å². The largest absolute Gasteiger partial charge is 0.481 e. The molecule has 0 aromatic heterocycles. The Kier molecular flexibility index (Phi) is 5.84. The molecule has 0 radical (unpaired) electrons. The summed E-state index contributed by atoms with van der Waals surface area (Å²) in [4.78, 5) is 13.5. The molecule has 2 aromatic carbocycles. The van der Waals surface area contributed by atoms with Gasteiger partial charge in [-0.05, 0) is 30.0 Å². The lowest BCUT2D eigenvalue weighted by Gasteiger charge is -2.41. The van der Waals surface area contributed by atoms with Crippen molar-refractivity contribution in [3.8, 4) is 0 Å². The number of hydrogen-bond acceptors (Lipinski definition) is 3. The summed E-state index contributed by atoms with van der Waals surface area (Å²) in [5.74, 6) is -0.672. The van der Waals surface area contributed by atoms with Gasteiger partial charge in [0.05, 0.1) is 18.6 Å². The molecule has 0 saturated carbocycles. The quantitative estimate of drug-likeness (QED) is 0.874. The number of rotatable bonds is 6. The molecule has 0 aliphatic carbocycles. The van der Waals surface area contributed by atoms with Gasteiger partial charge in [-0.3, -0.25) is 9.69 Å². The SMILES string of the molecule is COC1CN(C(c2ccccc2)c2ccccc2)CCC1CC(=O)O. The number of likely N-dealkylation sites (tertiary alicyclic amines) is 1. The van der Waals surface area contributed by atoms with E-state index in [4.69, 9.17) is 9.84 Å². The van der Waals surface area contributed by atoms with Crippen LogP contribution in [0.5, 0.6) is 0 Å². The van der Waals surface area contributed by atoms with Crippen LogP contribution in [0.1, 0.15) is 30.0 Å². The van der Waals surface area contributed by atoms with E-state index in [0.29, 0.717) is 0 Å². The monoisotopic (exact) mass is 339 g/mol. The average Bonchev–Trinajstić information content (AvgIpc) is 2.64. The van der Waals surface area contributed by atoms with E-state index in [-0.39, 0.29) is 24.5 Å². The predicted octanol–water partition coefficient (Wildman–Crippen LogP) is 3.59. The standard InChI is InChI=1S/C21H25NO3/c1-25-19-15-22(13-12-18(19)14-20(23)24)21(16-8-4-2-5-9-16)17-10-6-3-7-11-17/h2-11,18-19,21H,12-15H2,1H3,(H,23,24). The first-order valence-electron chi connectivity index (χ1n) is 8.77. The van der Waals surface area contributed by atoms with E-state index in [2.05, 4.69) is 53.4 Å². The molecule has 0 amide bonds. The highest BCUT2D eigenvalue weighted by Crippen LogP contribution is 2.34. The van der Waals surface area contributed by atoms with Gasteiger partial charge in [0.2, 0.25) is 0 Å². The highest BCUT2D eigenvalue weighted by Gasteiger charge is 2.34. The Hall–Kier alpha value is -2.17. The summed E-state index contributed by atoms with van der Waals surface area (Å²) < 4.78 is 5.65. The molecule has 3 rings (SSSR count). The van der Waals surface area contributed by atoms with E-state index in [1.54, 1.807) is 7.11 Å². The van der Waals surface area contributed by atoms with Crippen LogP contribution in [0.2, 0.25) is 0 Å². The predicted molar refractivity (Wildman–Crippen MR) is 97.5 cm³/mol. The summed E-state index contributed by atoms with van der Waals surface area (Å²) in [6.45, 7) is 1.61. The zero-order valence-corrected chi connectivity index (χ0v) is 14.5. The van der Waals surface area contributed by atoms with Crippen molar-refractivity contribution in [2.24, 2.45) is 5.92 Å². The van der Waals surface area contributed by atoms with Crippen molar-refractivity contribution in [1.82, 2.24) is 4.90 Å². The maximum Gasteiger partial charge on any atom is 0.303 e. The summed E-state index contributed by atoms with van der Waals surface area (Å²) in [7, 11) is 1.68. The Balaban J connectivity index is 1.86. The number of methoxy groups -OCH3 is 1. The van der Waals surface area contributed by atoms with Crippen molar-refractivity contribution in [3.05, 3.63) is 71.8 Å². The highest BCUT2D eigenvalue weighted by atomic mass is 16.5. The maximum absolute atomic E-state index is 11.1. The number of hydrogen-bond donors (Lipinski definition) is 1. The first-order chi connectivity index (χ1) is 12.2. The summed E-state index contributed by atoms with van der Waals surface area (Å²) in [5.41, 5.74) is 2.50. The summed E-state index contributed by atoms with van der Waals surface area (Å²) >= 11 is 0. The van der Waals surface area contributed by atoms with Crippen molar-refractivity contribution < 1.29 is 14.6 Å². The molecular formula is C21H25NO3. The second-order valence-corrected chi connectivity index (χ2v) is 6.64. The van der Waals surface area contributed by atoms with Crippen LogP contribution in [-0.4, -0.2) is 42.3 Å². The van der Waals surface area contributed by atoms with E-state index in [1.807, 2.05) is 12.1 Å². The van der Waals surface area contributed by atoms with Gasteiger partial charge >= 0.3 is 5.97 Å². The molecule has 132 valence electrons. The van der Waals surface area contributed by atoms with E-state index >= 15 is 0 Å². The number of benzene rings is 2. The second kappa shape index (κ2) is 8.28. The second-order valence-electron chi connectivity index (χ2n) is 6.64. The van der Waals surface area contributed by atoms with Gasteiger partial charge in [-0.2, -0.15) is 0 Å². The molecule has 4 heteroatoms. The van der Waals surface area contributed by atoms with Crippen molar-refractivity contribution in [2.45, 2.75) is 25.0 Å². The molecule has 1 aliphatic rings. The molecule has 1 saturated heterocycles. The number of aliphatic carboxylic acids is 1. The van der Waals surface area contributed by atoms with Gasteiger partial charge in [0.25, 0.3) is 0 Å². The topological polar surface area (TPSA) is 49.8 Å². The van der Waals surface area contributed by atoms with Gasteiger partial charge in [0.15, 0.2) is 0 Å². The lowest BCUT2D eigenvalue weighted by atomic mass is 9.87. The third-order valence-electron chi connectivity index (χ3n) is 5.06. The molecular weight excluding hydrogens is 314 g/mol. The number of carboxylic acid groups (broad SMARTS) is 1. The van der Waals surface area contributed by atoms with Crippen molar-refractivity contribution in [3.63, 3.8) is 0 Å².